The molecule has 0 saturated heterocycles. The van der Waals surface area contributed by atoms with Crippen LogP contribution in [0.1, 0.15) is 11.1 Å². The fourth-order valence-electron chi connectivity index (χ4n) is 2.45. The van der Waals surface area contributed by atoms with Gasteiger partial charge in [0.2, 0.25) is 0 Å². The van der Waals surface area contributed by atoms with Gasteiger partial charge >= 0.3 is 0 Å². The van der Waals surface area contributed by atoms with E-state index in [0.29, 0.717) is 16.2 Å². The lowest BCUT2D eigenvalue weighted by Crippen LogP contribution is -1.97. The average molecular weight is 719 g/mol. The molecule has 0 fully saturated rings. The second-order valence-corrected chi connectivity index (χ2v) is 9.04. The summed E-state index contributed by atoms with van der Waals surface area (Å²) in [5.41, 5.74) is 2.22. The van der Waals surface area contributed by atoms with Crippen LogP contribution in [0.25, 0.3) is 0 Å². The lowest BCUT2D eigenvalue weighted by molar-refractivity contribution is 0.302. The van der Waals surface area contributed by atoms with Crippen molar-refractivity contribution in [2.45, 2.75) is 12.5 Å². The summed E-state index contributed by atoms with van der Waals surface area (Å²) >= 11 is 9.70. The number of ether oxygens (including phenoxy) is 3. The Morgan fingerprint density at radius 2 is 1.26 bits per heavy atom. The molecular weight excluding hydrogens is 694 g/mol. The van der Waals surface area contributed by atoms with Gasteiger partial charge in [-0.25, -0.2) is 9.97 Å². The highest BCUT2D eigenvalue weighted by molar-refractivity contribution is 14.1. The first-order chi connectivity index (χ1) is 17.0. The lowest BCUT2D eigenvalue weighted by Gasteiger charge is -2.07. The molecule has 0 spiro atoms. The van der Waals surface area contributed by atoms with E-state index in [1.807, 2.05) is 83.3 Å². The quantitative estimate of drug-likeness (QED) is 0.130. The molecule has 2 heterocycles. The van der Waals surface area contributed by atoms with Gasteiger partial charge < -0.3 is 19.3 Å². The predicted octanol–water partition coefficient (Wildman–Crippen LogP) is 7.10. The van der Waals surface area contributed by atoms with Crippen molar-refractivity contribution in [2.24, 2.45) is 0 Å². The fourth-order valence-corrected chi connectivity index (χ4v) is 3.47. The van der Waals surface area contributed by atoms with Gasteiger partial charge in [0.25, 0.3) is 0 Å². The van der Waals surface area contributed by atoms with Crippen LogP contribution < -0.4 is 14.2 Å². The van der Waals surface area contributed by atoms with Gasteiger partial charge in [0.05, 0.1) is 14.2 Å². The highest BCUT2D eigenvalue weighted by atomic mass is 127. The number of nitrogens with zero attached hydrogens (tertiary/aromatic N) is 2. The molecule has 2 aromatic heterocycles. The zero-order valence-corrected chi connectivity index (χ0v) is 24.3. The van der Waals surface area contributed by atoms with Crippen molar-refractivity contribution >= 4 is 56.8 Å². The molecule has 0 aliphatic carbocycles. The van der Waals surface area contributed by atoms with Gasteiger partial charge in [-0.1, -0.05) is 24.3 Å². The third kappa shape index (κ3) is 10.9. The number of benzene rings is 2. The Hall–Kier alpha value is -2.31. The smallest absolute Gasteiger partial charge is 0.151 e. The van der Waals surface area contributed by atoms with E-state index < -0.39 is 0 Å². The van der Waals surface area contributed by atoms with Crippen LogP contribution in [0.2, 0.25) is 0 Å². The number of halogens is 3. The predicted molar refractivity (Wildman–Crippen MR) is 155 cm³/mol. The van der Waals surface area contributed by atoms with Crippen molar-refractivity contribution in [3.63, 3.8) is 0 Å². The molecule has 4 rings (SSSR count). The Labute approximate surface area is 237 Å². The number of alkyl halides is 1. The topological polar surface area (TPSA) is 73.7 Å². The minimum atomic E-state index is 0.244. The monoisotopic (exact) mass is 718 g/mol. The standard InChI is InChI=1S/C13H12INO2.C8H9ClO.C5H4INO/c1-16-11-6-4-10(5-7-11)9-17-12-3-2-8-15-13(12)14;1-10-8-4-2-7(6-9)3-5-8;6-5-4(8)2-1-3-7-5/h2-8H,9H2,1H3;2-5H,6H2,1H3;1-3,8H. The van der Waals surface area contributed by atoms with Crippen LogP contribution >= 0.6 is 56.8 Å². The van der Waals surface area contributed by atoms with Gasteiger partial charge in [-0.05, 0) is 105 Å². The highest BCUT2D eigenvalue weighted by Crippen LogP contribution is 2.19. The molecule has 2 aromatic carbocycles. The van der Waals surface area contributed by atoms with Crippen LogP contribution in [0.15, 0.2) is 85.2 Å². The van der Waals surface area contributed by atoms with Crippen molar-refractivity contribution in [2.75, 3.05) is 14.2 Å². The second kappa shape index (κ2) is 16.4. The van der Waals surface area contributed by atoms with Crippen molar-refractivity contribution in [1.82, 2.24) is 9.97 Å². The van der Waals surface area contributed by atoms with E-state index in [1.54, 1.807) is 38.7 Å². The molecule has 0 unspecified atom stereocenters. The zero-order valence-electron chi connectivity index (χ0n) is 19.2. The second-order valence-electron chi connectivity index (χ2n) is 6.72. The van der Waals surface area contributed by atoms with E-state index in [2.05, 4.69) is 32.6 Å². The number of hydrogen-bond donors (Lipinski definition) is 1. The molecule has 35 heavy (non-hydrogen) atoms. The lowest BCUT2D eigenvalue weighted by atomic mass is 10.2. The molecule has 4 aromatic rings. The number of aromatic hydroxyl groups is 1. The summed E-state index contributed by atoms with van der Waals surface area (Å²) in [5.74, 6) is 3.33. The zero-order chi connectivity index (χ0) is 25.5. The minimum absolute atomic E-state index is 0.244. The SMILES string of the molecule is COc1ccc(CCl)cc1.COc1ccc(COc2cccnc2I)cc1.Oc1cccnc1I. The Morgan fingerprint density at radius 3 is 1.69 bits per heavy atom. The maximum atomic E-state index is 8.85. The average Bonchev–Trinajstić information content (AvgIpc) is 2.91. The summed E-state index contributed by atoms with van der Waals surface area (Å²) in [6.07, 6.45) is 3.39. The molecule has 0 atom stereocenters. The molecule has 0 aliphatic heterocycles. The van der Waals surface area contributed by atoms with Gasteiger partial charge in [-0.2, -0.15) is 0 Å². The van der Waals surface area contributed by atoms with E-state index in [9.17, 15) is 0 Å². The van der Waals surface area contributed by atoms with Crippen LogP contribution in [0.5, 0.6) is 23.0 Å². The normalized spacial score (nSPS) is 9.63. The summed E-state index contributed by atoms with van der Waals surface area (Å²) in [5, 5.41) is 8.85. The van der Waals surface area contributed by atoms with Crippen molar-refractivity contribution in [1.29, 1.82) is 0 Å². The van der Waals surface area contributed by atoms with Gasteiger partial charge in [0.1, 0.15) is 31.3 Å². The van der Waals surface area contributed by atoms with Gasteiger partial charge in [-0.3, -0.25) is 0 Å². The molecule has 0 amide bonds. The van der Waals surface area contributed by atoms with Crippen LogP contribution in [0, 0.1) is 7.40 Å². The number of aromatic nitrogens is 2. The van der Waals surface area contributed by atoms with E-state index >= 15 is 0 Å². The molecule has 9 heteroatoms. The van der Waals surface area contributed by atoms with Crippen LogP contribution in [-0.2, 0) is 12.5 Å². The first kappa shape index (κ1) is 28.9. The summed E-state index contributed by atoms with van der Waals surface area (Å²) < 4.78 is 17.3. The van der Waals surface area contributed by atoms with Crippen molar-refractivity contribution in [3.05, 3.63) is 104 Å². The third-order valence-electron chi connectivity index (χ3n) is 4.33. The maximum absolute atomic E-state index is 8.85. The number of hydrogen-bond acceptors (Lipinski definition) is 6. The summed E-state index contributed by atoms with van der Waals surface area (Å²) in [7, 11) is 3.30. The summed E-state index contributed by atoms with van der Waals surface area (Å²) in [4.78, 5) is 7.98. The van der Waals surface area contributed by atoms with Crippen molar-refractivity contribution < 1.29 is 19.3 Å². The third-order valence-corrected chi connectivity index (χ3v) is 6.28. The first-order valence-electron chi connectivity index (χ1n) is 10.3. The van der Waals surface area contributed by atoms with E-state index in [4.69, 9.17) is 30.9 Å². The minimum Gasteiger partial charge on any atom is -0.505 e. The molecule has 0 radical (unpaired) electrons. The number of pyridine rings is 2. The molecular formula is C26H25ClI2N2O4. The Kier molecular flexibility index (Phi) is 13.5. The Morgan fingerprint density at radius 1 is 0.743 bits per heavy atom. The highest BCUT2D eigenvalue weighted by Gasteiger charge is 2.01. The first-order valence-corrected chi connectivity index (χ1v) is 13.0. The van der Waals surface area contributed by atoms with E-state index in [-0.39, 0.29) is 5.75 Å². The fraction of sp³-hybridized carbons (Fsp3) is 0.154. The number of rotatable bonds is 6. The molecule has 1 N–H and O–H groups in total. The largest absolute Gasteiger partial charge is 0.505 e. The Bertz CT molecular complexity index is 1100. The molecule has 184 valence electrons. The number of methoxy groups -OCH3 is 2. The van der Waals surface area contributed by atoms with E-state index in [0.717, 1.165) is 32.1 Å². The van der Waals surface area contributed by atoms with Crippen LogP contribution in [0.3, 0.4) is 0 Å². The molecule has 0 bridgehead atoms. The van der Waals surface area contributed by atoms with Gasteiger partial charge in [0, 0.05) is 18.3 Å². The van der Waals surface area contributed by atoms with Gasteiger partial charge in [-0.15, -0.1) is 11.6 Å². The molecule has 6 nitrogen and oxygen atoms in total. The molecule has 0 saturated carbocycles. The van der Waals surface area contributed by atoms with Gasteiger partial charge in [0.15, 0.2) is 5.75 Å². The summed E-state index contributed by atoms with van der Waals surface area (Å²) in [6, 6.07) is 22.6. The Balaban J connectivity index is 0.000000204. The van der Waals surface area contributed by atoms with E-state index in [1.165, 1.54) is 0 Å². The summed E-state index contributed by atoms with van der Waals surface area (Å²) in [6.45, 7) is 0.533. The van der Waals surface area contributed by atoms with Crippen LogP contribution in [0.4, 0.5) is 0 Å². The van der Waals surface area contributed by atoms with Crippen LogP contribution in [-0.4, -0.2) is 29.3 Å². The maximum Gasteiger partial charge on any atom is 0.151 e. The van der Waals surface area contributed by atoms with Crippen molar-refractivity contribution in [3.8, 4) is 23.0 Å². The molecule has 0 aliphatic rings.